The quantitative estimate of drug-likeness (QED) is 0.429. The third-order valence-corrected chi connectivity index (χ3v) is 3.94. The number of carbonyl (C=O) groups excluding carboxylic acids is 1. The monoisotopic (exact) mass is 421 g/mol. The van der Waals surface area contributed by atoms with Crippen LogP contribution in [0.25, 0.3) is 0 Å². The van der Waals surface area contributed by atoms with Crippen LogP contribution in [0.4, 0.5) is 5.69 Å². The molecule has 0 aliphatic carbocycles. The average molecular weight is 422 g/mol. The molecule has 0 atom stereocenters. The molecule has 0 unspecified atom stereocenters. The minimum atomic E-state index is -0.348. The van der Waals surface area contributed by atoms with Crippen LogP contribution in [0.1, 0.15) is 37.0 Å². The molecule has 2 aromatic rings. The van der Waals surface area contributed by atoms with Crippen LogP contribution in [0.3, 0.4) is 0 Å². The van der Waals surface area contributed by atoms with Crippen molar-refractivity contribution in [3.63, 3.8) is 0 Å². The summed E-state index contributed by atoms with van der Waals surface area (Å²) in [4.78, 5) is 12.4. The molecule has 0 bridgehead atoms. The lowest BCUT2D eigenvalue weighted by Crippen LogP contribution is -2.43. The van der Waals surface area contributed by atoms with Gasteiger partial charge >= 0.3 is 0 Å². The second kappa shape index (κ2) is 11.4. The zero-order valence-electron chi connectivity index (χ0n) is 15.9. The number of hydrazine groups is 1. The number of thiocarbonyl (C=S) groups is 1. The molecule has 0 saturated heterocycles. The molecule has 8 heteroatoms. The molecule has 0 aliphatic heterocycles. The number of ether oxygens (including phenoxy) is 2. The van der Waals surface area contributed by atoms with Crippen molar-refractivity contribution in [3.8, 4) is 11.5 Å². The highest BCUT2D eigenvalue weighted by atomic mass is 35.5. The molecule has 1 amide bonds. The Morgan fingerprint density at radius 3 is 2.39 bits per heavy atom. The van der Waals surface area contributed by atoms with Gasteiger partial charge in [0, 0.05) is 16.3 Å². The number of hydrogen-bond acceptors (Lipinski definition) is 4. The standard InChI is InChI=1S/C20H24ClN3O3S/c1-3-10-26-17-9-8-14(12-18(17)27-11-4-2)19(25)23-24-20(28)22-16-7-5-6-15(21)13-16/h5-9,12-13H,3-4,10-11H2,1-2H3,(H,23,25)(H2,22,24,28). The zero-order chi connectivity index (χ0) is 20.4. The molecule has 0 aliphatic rings. The lowest BCUT2D eigenvalue weighted by atomic mass is 10.2. The lowest BCUT2D eigenvalue weighted by molar-refractivity contribution is 0.0943. The molecule has 28 heavy (non-hydrogen) atoms. The molecule has 2 rings (SSSR count). The largest absolute Gasteiger partial charge is 0.490 e. The first-order chi connectivity index (χ1) is 13.5. The van der Waals surface area contributed by atoms with E-state index in [9.17, 15) is 4.79 Å². The van der Waals surface area contributed by atoms with E-state index in [1.54, 1.807) is 36.4 Å². The van der Waals surface area contributed by atoms with Gasteiger partial charge in [0.1, 0.15) is 0 Å². The maximum Gasteiger partial charge on any atom is 0.269 e. The second-order valence-electron chi connectivity index (χ2n) is 5.90. The van der Waals surface area contributed by atoms with Crippen LogP contribution in [-0.4, -0.2) is 24.2 Å². The highest BCUT2D eigenvalue weighted by Crippen LogP contribution is 2.28. The molecule has 0 radical (unpaired) electrons. The van der Waals surface area contributed by atoms with Gasteiger partial charge in [-0.05, 0) is 61.5 Å². The fourth-order valence-corrected chi connectivity index (χ4v) is 2.58. The Morgan fingerprint density at radius 1 is 1.00 bits per heavy atom. The minimum absolute atomic E-state index is 0.237. The number of carbonyl (C=O) groups is 1. The molecule has 0 fully saturated rings. The van der Waals surface area contributed by atoms with Crippen molar-refractivity contribution < 1.29 is 14.3 Å². The second-order valence-corrected chi connectivity index (χ2v) is 6.75. The Kier molecular flexibility index (Phi) is 8.84. The summed E-state index contributed by atoms with van der Waals surface area (Å²) in [7, 11) is 0. The average Bonchev–Trinajstić information content (AvgIpc) is 2.69. The Morgan fingerprint density at radius 2 is 1.71 bits per heavy atom. The van der Waals surface area contributed by atoms with E-state index in [1.807, 2.05) is 19.9 Å². The highest BCUT2D eigenvalue weighted by Gasteiger charge is 2.12. The van der Waals surface area contributed by atoms with Crippen LogP contribution in [0.15, 0.2) is 42.5 Å². The van der Waals surface area contributed by atoms with E-state index >= 15 is 0 Å². The van der Waals surface area contributed by atoms with Gasteiger partial charge in [-0.1, -0.05) is 31.5 Å². The molecule has 0 heterocycles. The molecular formula is C20H24ClN3O3S. The number of benzene rings is 2. The molecule has 0 spiro atoms. The van der Waals surface area contributed by atoms with Gasteiger partial charge in [-0.15, -0.1) is 0 Å². The van der Waals surface area contributed by atoms with Crippen LogP contribution in [0.2, 0.25) is 5.02 Å². The van der Waals surface area contributed by atoms with E-state index in [4.69, 9.17) is 33.3 Å². The summed E-state index contributed by atoms with van der Waals surface area (Å²) >= 11 is 11.1. The number of halogens is 1. The molecule has 2 aromatic carbocycles. The smallest absolute Gasteiger partial charge is 0.269 e. The van der Waals surface area contributed by atoms with Gasteiger partial charge in [0.15, 0.2) is 16.6 Å². The lowest BCUT2D eigenvalue weighted by Gasteiger charge is -2.15. The van der Waals surface area contributed by atoms with E-state index in [0.717, 1.165) is 12.8 Å². The third kappa shape index (κ3) is 6.90. The SMILES string of the molecule is CCCOc1ccc(C(=O)NNC(=S)Nc2cccc(Cl)c2)cc1OCCC. The van der Waals surface area contributed by atoms with E-state index in [1.165, 1.54) is 0 Å². The van der Waals surface area contributed by atoms with Gasteiger partial charge in [0.05, 0.1) is 13.2 Å². The maximum absolute atomic E-state index is 12.4. The normalized spacial score (nSPS) is 10.1. The predicted octanol–water partition coefficient (Wildman–Crippen LogP) is 4.55. The molecule has 0 saturated carbocycles. The van der Waals surface area contributed by atoms with Gasteiger partial charge < -0.3 is 14.8 Å². The topological polar surface area (TPSA) is 71.6 Å². The molecular weight excluding hydrogens is 398 g/mol. The zero-order valence-corrected chi connectivity index (χ0v) is 17.5. The third-order valence-electron chi connectivity index (χ3n) is 3.50. The number of anilines is 1. The minimum Gasteiger partial charge on any atom is -0.490 e. The van der Waals surface area contributed by atoms with Crippen molar-refractivity contribution in [3.05, 3.63) is 53.1 Å². The summed E-state index contributed by atoms with van der Waals surface area (Å²) in [5, 5.41) is 3.76. The summed E-state index contributed by atoms with van der Waals surface area (Å²) < 4.78 is 11.4. The fourth-order valence-electron chi connectivity index (χ4n) is 2.22. The summed E-state index contributed by atoms with van der Waals surface area (Å²) in [6.07, 6.45) is 1.74. The molecule has 0 aromatic heterocycles. The van der Waals surface area contributed by atoms with Crippen LogP contribution in [0, 0.1) is 0 Å². The van der Waals surface area contributed by atoms with Crippen molar-refractivity contribution in [2.75, 3.05) is 18.5 Å². The Labute approximate surface area is 175 Å². The number of amides is 1. The first-order valence-electron chi connectivity index (χ1n) is 9.06. The maximum atomic E-state index is 12.4. The van der Waals surface area contributed by atoms with Gasteiger partial charge in [-0.3, -0.25) is 15.6 Å². The van der Waals surface area contributed by atoms with Crippen molar-refractivity contribution in [2.24, 2.45) is 0 Å². The van der Waals surface area contributed by atoms with E-state index in [2.05, 4.69) is 16.2 Å². The predicted molar refractivity (Wildman–Crippen MR) is 116 cm³/mol. The van der Waals surface area contributed by atoms with Crippen LogP contribution >= 0.6 is 23.8 Å². The molecule has 150 valence electrons. The van der Waals surface area contributed by atoms with E-state index < -0.39 is 0 Å². The van der Waals surface area contributed by atoms with Gasteiger partial charge in [-0.25, -0.2) is 0 Å². The summed E-state index contributed by atoms with van der Waals surface area (Å²) in [6, 6.07) is 12.2. The number of hydrogen-bond donors (Lipinski definition) is 3. The van der Waals surface area contributed by atoms with Crippen molar-refractivity contribution in [1.82, 2.24) is 10.9 Å². The summed E-state index contributed by atoms with van der Waals surface area (Å²) in [6.45, 7) is 5.17. The van der Waals surface area contributed by atoms with Crippen molar-refractivity contribution in [1.29, 1.82) is 0 Å². The van der Waals surface area contributed by atoms with Gasteiger partial charge in [-0.2, -0.15) is 0 Å². The van der Waals surface area contributed by atoms with Gasteiger partial charge in [0.2, 0.25) is 0 Å². The fraction of sp³-hybridized carbons (Fsp3) is 0.300. The first kappa shape index (κ1) is 21.8. The van der Waals surface area contributed by atoms with Crippen LogP contribution < -0.4 is 25.6 Å². The summed E-state index contributed by atoms with van der Waals surface area (Å²) in [5.41, 5.74) is 6.36. The molecule has 3 N–H and O–H groups in total. The van der Waals surface area contributed by atoms with Crippen LogP contribution in [0.5, 0.6) is 11.5 Å². The Balaban J connectivity index is 1.97. The van der Waals surface area contributed by atoms with Crippen molar-refractivity contribution >= 4 is 40.5 Å². The van der Waals surface area contributed by atoms with E-state index in [-0.39, 0.29) is 11.0 Å². The van der Waals surface area contributed by atoms with E-state index in [0.29, 0.717) is 41.0 Å². The number of rotatable bonds is 8. The Bertz CT molecular complexity index is 817. The van der Waals surface area contributed by atoms with Crippen LogP contribution in [-0.2, 0) is 0 Å². The van der Waals surface area contributed by atoms with Crippen molar-refractivity contribution in [2.45, 2.75) is 26.7 Å². The highest BCUT2D eigenvalue weighted by molar-refractivity contribution is 7.80. The van der Waals surface area contributed by atoms with Gasteiger partial charge in [0.25, 0.3) is 5.91 Å². The first-order valence-corrected chi connectivity index (χ1v) is 9.84. The Hall–Kier alpha value is -2.51. The molecule has 6 nitrogen and oxygen atoms in total. The summed E-state index contributed by atoms with van der Waals surface area (Å²) in [5.74, 6) is 0.819. The number of nitrogens with one attached hydrogen (secondary N) is 3.